The van der Waals surface area contributed by atoms with Crippen LogP contribution in [-0.4, -0.2) is 69.6 Å². The van der Waals surface area contributed by atoms with Crippen molar-refractivity contribution in [1.29, 1.82) is 0 Å². The topological polar surface area (TPSA) is 86.1 Å². The van der Waals surface area contributed by atoms with Crippen LogP contribution in [0.25, 0.3) is 11.0 Å². The molecule has 0 bridgehead atoms. The van der Waals surface area contributed by atoms with Gasteiger partial charge >= 0.3 is 13.1 Å². The van der Waals surface area contributed by atoms with Crippen molar-refractivity contribution in [1.82, 2.24) is 14.5 Å². The van der Waals surface area contributed by atoms with Gasteiger partial charge < -0.3 is 23.7 Å². The van der Waals surface area contributed by atoms with Gasteiger partial charge in [-0.05, 0) is 64.2 Å². The van der Waals surface area contributed by atoms with Crippen molar-refractivity contribution < 1.29 is 23.9 Å². The largest absolute Gasteiger partial charge is 0.490 e. The zero-order valence-electron chi connectivity index (χ0n) is 19.8. The fourth-order valence-electron chi connectivity index (χ4n) is 4.54. The first-order valence-electron chi connectivity index (χ1n) is 11.7. The number of hydrogen-bond donors (Lipinski definition) is 1. The molecule has 2 saturated heterocycles. The number of aromatic carboxylic acids is 1. The molecular weight excluding hydrogens is 421 g/mol. The van der Waals surface area contributed by atoms with Gasteiger partial charge in [0, 0.05) is 19.7 Å². The van der Waals surface area contributed by atoms with Crippen LogP contribution in [0.3, 0.4) is 0 Å². The molecule has 1 N–H and O–H groups in total. The second-order valence-electron chi connectivity index (χ2n) is 10.3. The van der Waals surface area contributed by atoms with Gasteiger partial charge in [0.05, 0.1) is 47.0 Å². The zero-order valence-corrected chi connectivity index (χ0v) is 19.8. The maximum Gasteiger partial charge on any atom is 0.490 e. The van der Waals surface area contributed by atoms with Crippen molar-refractivity contribution in [2.24, 2.45) is 0 Å². The number of carboxylic acid groups (broad SMARTS) is 1. The number of aromatic nitrogens is 2. The van der Waals surface area contributed by atoms with Gasteiger partial charge in [-0.2, -0.15) is 0 Å². The monoisotopic (exact) mass is 453 g/mol. The molecular formula is C24H32BN3O5. The Balaban J connectivity index is 1.34. The van der Waals surface area contributed by atoms with Crippen LogP contribution in [0.2, 0.25) is 0 Å². The fourth-order valence-corrected chi connectivity index (χ4v) is 4.54. The molecule has 1 aromatic carbocycles. The molecule has 3 aliphatic rings. The summed E-state index contributed by atoms with van der Waals surface area (Å²) < 4.78 is 20.2. The number of hydrogen-bond acceptors (Lipinski definition) is 6. The van der Waals surface area contributed by atoms with E-state index < -0.39 is 5.97 Å². The molecule has 2 aromatic rings. The Bertz CT molecular complexity index is 1090. The first kappa shape index (κ1) is 22.6. The van der Waals surface area contributed by atoms with Crippen LogP contribution in [0.5, 0.6) is 0 Å². The standard InChI is InChI=1S/C24H32BN3O5/c1-23(2)24(3,4)33-25(32-23)17-7-10-27(11-8-17)15-21-26-19-6-5-16(22(29)30)13-20(19)28(21)14-18-9-12-31-18/h5-7,13,18H,8-12,14-15H2,1-4H3,(H,29,30)/t18-/m0/s1. The van der Waals surface area contributed by atoms with E-state index in [1.54, 1.807) is 18.2 Å². The lowest BCUT2D eigenvalue weighted by Gasteiger charge is -2.32. The van der Waals surface area contributed by atoms with Crippen molar-refractivity contribution in [3.63, 3.8) is 0 Å². The Kier molecular flexibility index (Phi) is 5.64. The summed E-state index contributed by atoms with van der Waals surface area (Å²) in [6.45, 7) is 12.2. The van der Waals surface area contributed by atoms with Gasteiger partial charge in [-0.3, -0.25) is 4.90 Å². The van der Waals surface area contributed by atoms with E-state index in [9.17, 15) is 9.90 Å². The third-order valence-electron chi connectivity index (χ3n) is 7.50. The fraction of sp³-hybridized carbons (Fsp3) is 0.583. The van der Waals surface area contributed by atoms with E-state index >= 15 is 0 Å². The van der Waals surface area contributed by atoms with E-state index in [1.165, 1.54) is 5.47 Å². The zero-order chi connectivity index (χ0) is 23.4. The molecule has 33 heavy (non-hydrogen) atoms. The number of nitrogens with zero attached hydrogens (tertiary/aromatic N) is 3. The second kappa shape index (κ2) is 8.23. The Morgan fingerprint density at radius 3 is 2.55 bits per heavy atom. The predicted octanol–water partition coefficient (Wildman–Crippen LogP) is 3.29. The summed E-state index contributed by atoms with van der Waals surface area (Å²) in [5, 5.41) is 9.43. The van der Waals surface area contributed by atoms with Gasteiger partial charge in [0.2, 0.25) is 0 Å². The van der Waals surface area contributed by atoms with Crippen molar-refractivity contribution >= 4 is 24.1 Å². The van der Waals surface area contributed by atoms with Gasteiger partial charge in [-0.1, -0.05) is 6.08 Å². The molecule has 5 rings (SSSR count). The molecule has 8 nitrogen and oxygen atoms in total. The summed E-state index contributed by atoms with van der Waals surface area (Å²) in [6, 6.07) is 5.14. The molecule has 4 heterocycles. The molecule has 176 valence electrons. The Morgan fingerprint density at radius 2 is 1.97 bits per heavy atom. The molecule has 0 saturated carbocycles. The molecule has 2 fully saturated rings. The van der Waals surface area contributed by atoms with Gasteiger partial charge in [0.15, 0.2) is 0 Å². The number of ether oxygens (including phenoxy) is 1. The molecule has 1 atom stereocenters. The van der Waals surface area contributed by atoms with Crippen LogP contribution >= 0.6 is 0 Å². The third-order valence-corrected chi connectivity index (χ3v) is 7.50. The average Bonchev–Trinajstić information content (AvgIpc) is 3.17. The maximum absolute atomic E-state index is 11.5. The van der Waals surface area contributed by atoms with E-state index in [-0.39, 0.29) is 30.0 Å². The minimum absolute atomic E-state index is 0.158. The summed E-state index contributed by atoms with van der Waals surface area (Å²) in [7, 11) is -0.285. The molecule has 0 spiro atoms. The summed E-state index contributed by atoms with van der Waals surface area (Å²) >= 11 is 0. The van der Waals surface area contributed by atoms with Crippen LogP contribution in [0.1, 0.15) is 56.7 Å². The van der Waals surface area contributed by atoms with Crippen molar-refractivity contribution in [3.8, 4) is 0 Å². The van der Waals surface area contributed by atoms with Gasteiger partial charge in [-0.25, -0.2) is 9.78 Å². The lowest BCUT2D eigenvalue weighted by Crippen LogP contribution is -2.41. The number of imidazole rings is 1. The van der Waals surface area contributed by atoms with Gasteiger partial charge in [-0.15, -0.1) is 0 Å². The average molecular weight is 453 g/mol. The minimum Gasteiger partial charge on any atom is -0.478 e. The van der Waals surface area contributed by atoms with Crippen molar-refractivity contribution in [2.75, 3.05) is 19.7 Å². The summed E-state index contributed by atoms with van der Waals surface area (Å²) in [4.78, 5) is 18.7. The van der Waals surface area contributed by atoms with Crippen molar-refractivity contribution in [3.05, 3.63) is 41.1 Å². The quantitative estimate of drug-likeness (QED) is 0.672. The molecule has 1 aromatic heterocycles. The van der Waals surface area contributed by atoms with Crippen LogP contribution < -0.4 is 0 Å². The van der Waals surface area contributed by atoms with Crippen LogP contribution in [0.15, 0.2) is 29.7 Å². The van der Waals surface area contributed by atoms with E-state index in [0.717, 1.165) is 49.4 Å². The van der Waals surface area contributed by atoms with E-state index in [1.807, 2.05) is 0 Å². The van der Waals surface area contributed by atoms with Crippen LogP contribution in [0.4, 0.5) is 0 Å². The van der Waals surface area contributed by atoms with Gasteiger partial charge in [0.1, 0.15) is 5.82 Å². The van der Waals surface area contributed by atoms with Crippen LogP contribution in [0, 0.1) is 0 Å². The highest BCUT2D eigenvalue weighted by atomic mass is 16.7. The Hall–Kier alpha value is -2.20. The highest BCUT2D eigenvalue weighted by Gasteiger charge is 2.52. The lowest BCUT2D eigenvalue weighted by molar-refractivity contribution is -0.0591. The second-order valence-corrected chi connectivity index (χ2v) is 10.3. The number of carboxylic acids is 1. The van der Waals surface area contributed by atoms with E-state index in [2.05, 4.69) is 43.2 Å². The molecule has 0 aliphatic carbocycles. The number of benzene rings is 1. The number of fused-ring (bicyclic) bond motifs is 1. The summed E-state index contributed by atoms with van der Waals surface area (Å²) in [6.07, 6.45) is 4.27. The van der Waals surface area contributed by atoms with E-state index in [4.69, 9.17) is 19.0 Å². The number of rotatable bonds is 6. The highest BCUT2D eigenvalue weighted by molar-refractivity contribution is 6.54. The molecule has 3 aliphatic heterocycles. The first-order valence-corrected chi connectivity index (χ1v) is 11.7. The molecule has 0 radical (unpaired) electrons. The van der Waals surface area contributed by atoms with E-state index in [0.29, 0.717) is 13.1 Å². The minimum atomic E-state index is -0.928. The third kappa shape index (κ3) is 4.23. The molecule has 9 heteroatoms. The van der Waals surface area contributed by atoms with Gasteiger partial charge in [0.25, 0.3) is 0 Å². The van der Waals surface area contributed by atoms with Crippen LogP contribution in [-0.2, 0) is 27.1 Å². The lowest BCUT2D eigenvalue weighted by atomic mass is 9.75. The SMILES string of the molecule is CC1(C)OB(C2=CCN(Cc3nc4ccc(C(=O)O)cc4n3C[C@@H]3CCO3)CC2)OC1(C)C. The summed E-state index contributed by atoms with van der Waals surface area (Å²) in [5.74, 6) is 0.0121. The first-order chi connectivity index (χ1) is 15.6. The highest BCUT2D eigenvalue weighted by Crippen LogP contribution is 2.39. The maximum atomic E-state index is 11.5. The molecule has 0 amide bonds. The van der Waals surface area contributed by atoms with Crippen molar-refractivity contribution in [2.45, 2.75) is 70.9 Å². The smallest absolute Gasteiger partial charge is 0.478 e. The number of carbonyl (C=O) groups is 1. The normalized spacial score (nSPS) is 24.7. The summed E-state index contributed by atoms with van der Waals surface area (Å²) in [5.41, 5.74) is 2.48. The molecule has 0 unspecified atom stereocenters. The Labute approximate surface area is 194 Å². The predicted molar refractivity (Wildman–Crippen MR) is 125 cm³/mol. The Morgan fingerprint density at radius 1 is 1.24 bits per heavy atom.